The van der Waals surface area contributed by atoms with E-state index in [1.54, 1.807) is 11.3 Å². The molecular formula is C14H12BrN3OS. The summed E-state index contributed by atoms with van der Waals surface area (Å²) < 4.78 is 6.90. The number of hydrogen-bond donors (Lipinski definition) is 1. The van der Waals surface area contributed by atoms with Gasteiger partial charge in [0.05, 0.1) is 5.39 Å². The molecule has 0 amide bonds. The number of benzene rings is 1. The lowest BCUT2D eigenvalue weighted by Gasteiger charge is -2.09. The van der Waals surface area contributed by atoms with Crippen LogP contribution in [0.3, 0.4) is 0 Å². The van der Waals surface area contributed by atoms with Crippen LogP contribution >= 0.6 is 27.3 Å². The van der Waals surface area contributed by atoms with E-state index in [2.05, 4.69) is 25.9 Å². The van der Waals surface area contributed by atoms with Crippen LogP contribution in [-0.2, 0) is 0 Å². The van der Waals surface area contributed by atoms with E-state index in [0.29, 0.717) is 5.88 Å². The molecule has 6 heteroatoms. The van der Waals surface area contributed by atoms with Crippen molar-refractivity contribution < 1.29 is 4.74 Å². The number of nitrogen functional groups attached to an aromatic ring is 1. The third-order valence-electron chi connectivity index (χ3n) is 2.86. The van der Waals surface area contributed by atoms with Gasteiger partial charge in [-0.2, -0.15) is 4.98 Å². The normalized spacial score (nSPS) is 10.9. The first-order chi connectivity index (χ1) is 9.52. The maximum atomic E-state index is 5.94. The van der Waals surface area contributed by atoms with Gasteiger partial charge in [0.1, 0.15) is 10.6 Å². The van der Waals surface area contributed by atoms with Crippen LogP contribution in [0, 0.1) is 13.8 Å². The molecule has 2 heterocycles. The van der Waals surface area contributed by atoms with Crippen molar-refractivity contribution in [1.29, 1.82) is 0 Å². The highest BCUT2D eigenvalue weighted by atomic mass is 79.9. The van der Waals surface area contributed by atoms with E-state index >= 15 is 0 Å². The fraction of sp³-hybridized carbons (Fsp3) is 0.143. The Morgan fingerprint density at radius 3 is 2.80 bits per heavy atom. The van der Waals surface area contributed by atoms with Crippen molar-refractivity contribution in [3.05, 3.63) is 39.2 Å². The van der Waals surface area contributed by atoms with Crippen LogP contribution in [0.15, 0.2) is 28.7 Å². The largest absolute Gasteiger partial charge is 0.438 e. The topological polar surface area (TPSA) is 61.0 Å². The lowest BCUT2D eigenvalue weighted by atomic mass is 10.2. The van der Waals surface area contributed by atoms with Crippen LogP contribution in [0.2, 0.25) is 0 Å². The van der Waals surface area contributed by atoms with E-state index in [9.17, 15) is 0 Å². The average molecular weight is 350 g/mol. The summed E-state index contributed by atoms with van der Waals surface area (Å²) in [5, 5.41) is 0.890. The van der Waals surface area contributed by atoms with E-state index in [0.717, 1.165) is 30.9 Å². The summed E-state index contributed by atoms with van der Waals surface area (Å²) in [6.07, 6.45) is 0. The second-order valence-corrected chi connectivity index (χ2v) is 6.63. The van der Waals surface area contributed by atoms with Crippen molar-refractivity contribution >= 4 is 43.4 Å². The van der Waals surface area contributed by atoms with Gasteiger partial charge in [-0.1, -0.05) is 22.0 Å². The minimum Gasteiger partial charge on any atom is -0.438 e. The highest BCUT2D eigenvalue weighted by Crippen LogP contribution is 2.34. The second kappa shape index (κ2) is 5.03. The number of halogens is 1. The lowest BCUT2D eigenvalue weighted by molar-refractivity contribution is 0.465. The average Bonchev–Trinajstić information content (AvgIpc) is 2.74. The van der Waals surface area contributed by atoms with Gasteiger partial charge in [0.25, 0.3) is 0 Å². The molecule has 0 aliphatic rings. The fourth-order valence-electron chi connectivity index (χ4n) is 1.90. The minimum absolute atomic E-state index is 0.224. The molecular weight excluding hydrogens is 338 g/mol. The molecule has 2 N–H and O–H groups in total. The predicted octanol–water partition coefficient (Wildman–Crippen LogP) is 4.45. The predicted molar refractivity (Wildman–Crippen MR) is 85.5 cm³/mol. The highest BCUT2D eigenvalue weighted by molar-refractivity contribution is 9.10. The third-order valence-corrected chi connectivity index (χ3v) is 4.29. The van der Waals surface area contributed by atoms with Gasteiger partial charge in [0.2, 0.25) is 11.8 Å². The fourth-order valence-corrected chi connectivity index (χ4v) is 3.11. The number of hydrogen-bond acceptors (Lipinski definition) is 5. The Balaban J connectivity index is 2.12. The van der Waals surface area contributed by atoms with Crippen LogP contribution in [0.1, 0.15) is 10.4 Å². The van der Waals surface area contributed by atoms with Gasteiger partial charge in [-0.05, 0) is 37.6 Å². The molecule has 0 aliphatic heterocycles. The van der Waals surface area contributed by atoms with Crippen LogP contribution in [0.5, 0.6) is 11.6 Å². The molecule has 0 bridgehead atoms. The highest BCUT2D eigenvalue weighted by Gasteiger charge is 2.12. The van der Waals surface area contributed by atoms with Crippen LogP contribution in [-0.4, -0.2) is 9.97 Å². The van der Waals surface area contributed by atoms with Gasteiger partial charge in [-0.15, -0.1) is 11.3 Å². The summed E-state index contributed by atoms with van der Waals surface area (Å²) >= 11 is 5.02. The monoisotopic (exact) mass is 349 g/mol. The number of aromatic nitrogens is 2. The number of thiophene rings is 1. The molecule has 2 aromatic heterocycles. The Bertz CT molecular complexity index is 800. The maximum Gasteiger partial charge on any atom is 0.232 e. The number of nitrogens with zero attached hydrogens (tertiary/aromatic N) is 2. The van der Waals surface area contributed by atoms with Crippen LogP contribution in [0.25, 0.3) is 10.2 Å². The van der Waals surface area contributed by atoms with E-state index in [-0.39, 0.29) is 5.95 Å². The first kappa shape index (κ1) is 13.3. The first-order valence-corrected chi connectivity index (χ1v) is 7.61. The molecule has 20 heavy (non-hydrogen) atoms. The first-order valence-electron chi connectivity index (χ1n) is 6.00. The van der Waals surface area contributed by atoms with Crippen molar-refractivity contribution in [2.24, 2.45) is 0 Å². The minimum atomic E-state index is 0.224. The Labute approximate surface area is 128 Å². The van der Waals surface area contributed by atoms with E-state index < -0.39 is 0 Å². The summed E-state index contributed by atoms with van der Waals surface area (Å²) in [6.45, 7) is 4.01. The quantitative estimate of drug-likeness (QED) is 0.742. The zero-order valence-electron chi connectivity index (χ0n) is 11.0. The van der Waals surface area contributed by atoms with Crippen molar-refractivity contribution in [2.75, 3.05) is 5.73 Å². The molecule has 0 saturated heterocycles. The number of anilines is 1. The standard InChI is InChI=1S/C14H12BrN3OS/c1-7-3-4-9(15)6-11(7)19-12-10-5-8(2)20-13(10)18-14(16)17-12/h3-6H,1-2H3,(H2,16,17,18). The summed E-state index contributed by atoms with van der Waals surface area (Å²) in [4.78, 5) is 10.4. The smallest absolute Gasteiger partial charge is 0.232 e. The number of fused-ring (bicyclic) bond motifs is 1. The summed E-state index contributed by atoms with van der Waals surface area (Å²) in [7, 11) is 0. The van der Waals surface area contributed by atoms with Crippen molar-refractivity contribution in [2.45, 2.75) is 13.8 Å². The Hall–Kier alpha value is -1.66. The molecule has 0 atom stereocenters. The Morgan fingerprint density at radius 1 is 1.20 bits per heavy atom. The number of nitrogens with two attached hydrogens (primary N) is 1. The summed E-state index contributed by atoms with van der Waals surface area (Å²) in [5.74, 6) is 1.47. The number of rotatable bonds is 2. The van der Waals surface area contributed by atoms with E-state index in [1.165, 1.54) is 0 Å². The van der Waals surface area contributed by atoms with Crippen molar-refractivity contribution in [1.82, 2.24) is 9.97 Å². The van der Waals surface area contributed by atoms with Gasteiger partial charge >= 0.3 is 0 Å². The zero-order chi connectivity index (χ0) is 14.3. The molecule has 3 aromatic rings. The molecule has 0 saturated carbocycles. The van der Waals surface area contributed by atoms with Crippen molar-refractivity contribution in [3.63, 3.8) is 0 Å². The number of ether oxygens (including phenoxy) is 1. The lowest BCUT2D eigenvalue weighted by Crippen LogP contribution is -1.98. The maximum absolute atomic E-state index is 5.94. The molecule has 1 aromatic carbocycles. The van der Waals surface area contributed by atoms with Gasteiger partial charge in [0.15, 0.2) is 0 Å². The van der Waals surface area contributed by atoms with Crippen molar-refractivity contribution in [3.8, 4) is 11.6 Å². The van der Waals surface area contributed by atoms with Crippen LogP contribution < -0.4 is 10.5 Å². The molecule has 0 aliphatic carbocycles. The van der Waals surface area contributed by atoms with E-state index in [4.69, 9.17) is 10.5 Å². The second-order valence-electron chi connectivity index (χ2n) is 4.47. The molecule has 0 fully saturated rings. The Kier molecular flexibility index (Phi) is 3.35. The number of aryl methyl sites for hydroxylation is 2. The molecule has 102 valence electrons. The van der Waals surface area contributed by atoms with Gasteiger partial charge < -0.3 is 10.5 Å². The zero-order valence-corrected chi connectivity index (χ0v) is 13.4. The van der Waals surface area contributed by atoms with Gasteiger partial charge in [-0.25, -0.2) is 4.98 Å². The Morgan fingerprint density at radius 2 is 2.00 bits per heavy atom. The molecule has 4 nitrogen and oxygen atoms in total. The molecule has 0 unspecified atom stereocenters. The SMILES string of the molecule is Cc1cc2c(Oc3cc(Br)ccc3C)nc(N)nc2s1. The van der Waals surface area contributed by atoms with E-state index in [1.807, 2.05) is 38.1 Å². The molecule has 0 spiro atoms. The summed E-state index contributed by atoms with van der Waals surface area (Å²) in [6, 6.07) is 7.89. The van der Waals surface area contributed by atoms with Crippen LogP contribution in [0.4, 0.5) is 5.95 Å². The van der Waals surface area contributed by atoms with Gasteiger partial charge in [-0.3, -0.25) is 0 Å². The molecule has 0 radical (unpaired) electrons. The third kappa shape index (κ3) is 2.48. The molecule has 3 rings (SSSR count). The summed E-state index contributed by atoms with van der Waals surface area (Å²) in [5.41, 5.74) is 6.78. The van der Waals surface area contributed by atoms with Gasteiger partial charge in [0, 0.05) is 9.35 Å².